The largest absolute Gasteiger partial charge is 0.308 e. The Balaban J connectivity index is 1.28. The van der Waals surface area contributed by atoms with Crippen LogP contribution in [0, 0.1) is 0 Å². The van der Waals surface area contributed by atoms with E-state index in [1.165, 1.54) is 70.4 Å². The lowest BCUT2D eigenvalue weighted by molar-refractivity contribution is 1.08. The Kier molecular flexibility index (Phi) is 4.94. The van der Waals surface area contributed by atoms with Crippen molar-refractivity contribution in [3.8, 4) is 17.2 Å². The maximum atomic E-state index is 5.45. The topological polar surface area (TPSA) is 35.1 Å². The van der Waals surface area contributed by atoms with Crippen molar-refractivity contribution in [2.24, 2.45) is 0 Å². The van der Waals surface area contributed by atoms with Crippen molar-refractivity contribution in [1.29, 1.82) is 0 Å². The Morgan fingerprint density at radius 3 is 1.84 bits per heavy atom. The molecule has 0 N–H and O–H groups in total. The number of nitrogens with zero attached hydrogens (tertiary/aromatic N) is 4. The molecule has 0 atom stereocenters. The molecule has 4 aromatic heterocycles. The first-order chi connectivity index (χ1) is 24.8. The molecule has 0 unspecified atom stereocenters. The molecule has 0 fully saturated rings. The van der Waals surface area contributed by atoms with E-state index in [1.807, 2.05) is 0 Å². The van der Waals surface area contributed by atoms with Gasteiger partial charge in [0.2, 0.25) is 0 Å². The van der Waals surface area contributed by atoms with Gasteiger partial charge in [0.25, 0.3) is 0 Å². The van der Waals surface area contributed by atoms with Crippen molar-refractivity contribution in [3.63, 3.8) is 0 Å². The molecule has 12 rings (SSSR count). The highest BCUT2D eigenvalue weighted by Gasteiger charge is 2.25. The lowest BCUT2D eigenvalue weighted by atomic mass is 10.0. The minimum Gasteiger partial charge on any atom is -0.308 e. The Morgan fingerprint density at radius 1 is 0.380 bits per heavy atom. The molecular formula is C46H26N4. The fourth-order valence-electron chi connectivity index (χ4n) is 8.61. The summed E-state index contributed by atoms with van der Waals surface area (Å²) >= 11 is 0. The summed E-state index contributed by atoms with van der Waals surface area (Å²) in [6.45, 7) is 0. The molecule has 230 valence electrons. The van der Waals surface area contributed by atoms with E-state index >= 15 is 0 Å². The van der Waals surface area contributed by atoms with Crippen LogP contribution in [0.15, 0.2) is 158 Å². The van der Waals surface area contributed by atoms with E-state index in [0.29, 0.717) is 0 Å². The highest BCUT2D eigenvalue weighted by atomic mass is 15.1. The van der Waals surface area contributed by atoms with Crippen molar-refractivity contribution in [1.82, 2.24) is 18.9 Å². The molecule has 0 radical (unpaired) electrons. The van der Waals surface area contributed by atoms with Gasteiger partial charge in [-0.05, 0) is 70.1 Å². The van der Waals surface area contributed by atoms with Crippen LogP contribution in [0.4, 0.5) is 0 Å². The number of rotatable bonds is 2. The number of para-hydroxylation sites is 3. The standard InChI is InChI=1S/C46H26N4/c1-2-12-28-23-31(22-21-27(28)11-1)45-47-37-18-8-5-15-32(37)46(48-45)50-39-20-10-6-16-33(39)42-41(50)26-36-35-24-29-13-3-4-14-30(29)25-40(35)49-38-19-9-7-17-34(38)43(42)44(36)49/h1-26H. The fourth-order valence-corrected chi connectivity index (χ4v) is 8.61. The predicted molar refractivity (Wildman–Crippen MR) is 209 cm³/mol. The molecule has 0 spiro atoms. The van der Waals surface area contributed by atoms with Crippen LogP contribution in [0.2, 0.25) is 0 Å². The fraction of sp³-hybridized carbons (Fsp3) is 0. The number of aromatic nitrogens is 4. The quantitative estimate of drug-likeness (QED) is 0.190. The predicted octanol–water partition coefficient (Wildman–Crippen LogP) is 11.9. The monoisotopic (exact) mass is 634 g/mol. The summed E-state index contributed by atoms with van der Waals surface area (Å²) in [5, 5.41) is 13.4. The third-order valence-corrected chi connectivity index (χ3v) is 10.8. The van der Waals surface area contributed by atoms with E-state index in [1.54, 1.807) is 0 Å². The summed E-state index contributed by atoms with van der Waals surface area (Å²) in [6, 6.07) is 56.9. The van der Waals surface area contributed by atoms with Crippen LogP contribution in [0.5, 0.6) is 0 Å². The Morgan fingerprint density at radius 2 is 1.02 bits per heavy atom. The molecule has 0 saturated carbocycles. The molecule has 8 aromatic carbocycles. The zero-order chi connectivity index (χ0) is 32.5. The maximum absolute atomic E-state index is 5.45. The molecule has 0 bridgehead atoms. The lowest BCUT2D eigenvalue weighted by Gasteiger charge is -2.13. The molecule has 0 aliphatic heterocycles. The molecule has 50 heavy (non-hydrogen) atoms. The van der Waals surface area contributed by atoms with Gasteiger partial charge in [-0.2, -0.15) is 0 Å². The molecule has 4 heteroatoms. The number of hydrogen-bond acceptors (Lipinski definition) is 2. The van der Waals surface area contributed by atoms with E-state index < -0.39 is 0 Å². The van der Waals surface area contributed by atoms with E-state index in [2.05, 4.69) is 167 Å². The van der Waals surface area contributed by atoms with Gasteiger partial charge in [0.1, 0.15) is 5.82 Å². The first-order valence-electron chi connectivity index (χ1n) is 17.1. The minimum absolute atomic E-state index is 0.717. The second-order valence-electron chi connectivity index (χ2n) is 13.4. The second kappa shape index (κ2) is 9.43. The zero-order valence-corrected chi connectivity index (χ0v) is 26.8. The molecule has 0 aliphatic rings. The van der Waals surface area contributed by atoms with Gasteiger partial charge in [-0.3, -0.25) is 4.57 Å². The maximum Gasteiger partial charge on any atom is 0.162 e. The second-order valence-corrected chi connectivity index (χ2v) is 13.4. The molecule has 12 aromatic rings. The molecule has 4 nitrogen and oxygen atoms in total. The minimum atomic E-state index is 0.717. The highest BCUT2D eigenvalue weighted by Crippen LogP contribution is 2.47. The molecule has 4 heterocycles. The van der Waals surface area contributed by atoms with Gasteiger partial charge in [-0.1, -0.05) is 109 Å². The molecular weight excluding hydrogens is 609 g/mol. The lowest BCUT2D eigenvalue weighted by Crippen LogP contribution is -2.02. The third kappa shape index (κ3) is 3.34. The molecule has 0 aliphatic carbocycles. The van der Waals surface area contributed by atoms with Crippen molar-refractivity contribution in [2.45, 2.75) is 0 Å². The van der Waals surface area contributed by atoms with Crippen molar-refractivity contribution in [2.75, 3.05) is 0 Å². The smallest absolute Gasteiger partial charge is 0.162 e. The van der Waals surface area contributed by atoms with Crippen LogP contribution in [-0.4, -0.2) is 18.9 Å². The van der Waals surface area contributed by atoms with Gasteiger partial charge < -0.3 is 4.40 Å². The summed E-state index contributed by atoms with van der Waals surface area (Å²) in [5.41, 5.74) is 7.94. The zero-order valence-electron chi connectivity index (χ0n) is 26.8. The Bertz CT molecular complexity index is 3380. The molecule has 0 saturated heterocycles. The van der Waals surface area contributed by atoms with Crippen LogP contribution in [0.3, 0.4) is 0 Å². The van der Waals surface area contributed by atoms with Gasteiger partial charge in [0.05, 0.1) is 33.1 Å². The van der Waals surface area contributed by atoms with Gasteiger partial charge in [-0.15, -0.1) is 0 Å². The van der Waals surface area contributed by atoms with Crippen molar-refractivity contribution in [3.05, 3.63) is 158 Å². The summed E-state index contributed by atoms with van der Waals surface area (Å²) in [4.78, 5) is 10.6. The van der Waals surface area contributed by atoms with Crippen LogP contribution < -0.4 is 0 Å². The Labute approximate surface area is 285 Å². The van der Waals surface area contributed by atoms with Crippen molar-refractivity contribution >= 4 is 92.3 Å². The average molecular weight is 635 g/mol. The first-order valence-corrected chi connectivity index (χ1v) is 17.1. The van der Waals surface area contributed by atoms with Crippen molar-refractivity contribution < 1.29 is 0 Å². The van der Waals surface area contributed by atoms with E-state index in [4.69, 9.17) is 9.97 Å². The normalized spacial score (nSPS) is 12.4. The van der Waals surface area contributed by atoms with Gasteiger partial charge in [0.15, 0.2) is 5.82 Å². The number of fused-ring (bicyclic) bond motifs is 13. The van der Waals surface area contributed by atoms with Gasteiger partial charge >= 0.3 is 0 Å². The number of benzene rings is 8. The highest BCUT2D eigenvalue weighted by molar-refractivity contribution is 6.36. The van der Waals surface area contributed by atoms with E-state index in [-0.39, 0.29) is 0 Å². The summed E-state index contributed by atoms with van der Waals surface area (Å²) < 4.78 is 4.88. The number of hydrogen-bond donors (Lipinski definition) is 0. The van der Waals surface area contributed by atoms with E-state index in [9.17, 15) is 0 Å². The molecule has 0 amide bonds. The van der Waals surface area contributed by atoms with E-state index in [0.717, 1.165) is 39.1 Å². The summed E-state index contributed by atoms with van der Waals surface area (Å²) in [5.74, 6) is 1.60. The first kappa shape index (κ1) is 26.2. The SMILES string of the molecule is c1ccc2cc(-c3nc(-n4c5ccccc5c5c6c7ccccc7n7c8cc9ccccc9cc8c(cc54)c67)c4ccccc4n3)ccc2c1. The summed E-state index contributed by atoms with van der Waals surface area (Å²) in [7, 11) is 0. The Hall–Kier alpha value is -6.78. The van der Waals surface area contributed by atoms with Crippen LogP contribution in [-0.2, 0) is 0 Å². The van der Waals surface area contributed by atoms with Gasteiger partial charge in [-0.25, -0.2) is 9.97 Å². The van der Waals surface area contributed by atoms with Crippen LogP contribution in [0.25, 0.3) is 110 Å². The van der Waals surface area contributed by atoms with Gasteiger partial charge in [0, 0.05) is 43.3 Å². The average Bonchev–Trinajstić information content (AvgIpc) is 3.80. The summed E-state index contributed by atoms with van der Waals surface area (Å²) in [6.07, 6.45) is 0. The van der Waals surface area contributed by atoms with Crippen LogP contribution in [0.1, 0.15) is 0 Å². The third-order valence-electron chi connectivity index (χ3n) is 10.8. The van der Waals surface area contributed by atoms with Crippen LogP contribution >= 0.6 is 0 Å².